The maximum absolute atomic E-state index is 12.6. The summed E-state index contributed by atoms with van der Waals surface area (Å²) in [5, 5.41) is 1.04. The summed E-state index contributed by atoms with van der Waals surface area (Å²) in [6.07, 6.45) is 5.38. The average molecular weight is 374 g/mol. The van der Waals surface area contributed by atoms with E-state index in [1.165, 1.54) is 9.60 Å². The lowest BCUT2D eigenvalue weighted by molar-refractivity contribution is 0.0737. The third-order valence-electron chi connectivity index (χ3n) is 4.46. The molecule has 2 aromatic heterocycles. The molecule has 1 aliphatic heterocycles. The lowest BCUT2D eigenvalue weighted by Gasteiger charge is -2.34. The topological polar surface area (TPSA) is 54.3 Å². The van der Waals surface area contributed by atoms with Gasteiger partial charge in [0.15, 0.2) is 5.13 Å². The summed E-state index contributed by atoms with van der Waals surface area (Å²) in [5.74, 6) is 0.0496. The molecule has 130 valence electrons. The summed E-state index contributed by atoms with van der Waals surface area (Å²) < 4.78 is 2.99. The van der Waals surface area contributed by atoms with Gasteiger partial charge in [-0.25, -0.2) is 9.97 Å². The van der Waals surface area contributed by atoms with Crippen LogP contribution in [0.4, 0.5) is 5.13 Å². The quantitative estimate of drug-likeness (QED) is 0.661. The van der Waals surface area contributed by atoms with Crippen LogP contribution in [0.1, 0.15) is 10.5 Å². The molecule has 0 bridgehead atoms. The second-order valence-corrected chi connectivity index (χ2v) is 7.89. The molecule has 1 aliphatic rings. The van der Waals surface area contributed by atoms with Crippen molar-refractivity contribution < 1.29 is 4.79 Å². The number of benzene rings is 1. The normalized spacial score (nSPS) is 15.1. The number of hydrogen-bond acceptors (Lipinski definition) is 6. The van der Waals surface area contributed by atoms with E-state index in [0.717, 1.165) is 23.7 Å². The van der Waals surface area contributed by atoms with Crippen molar-refractivity contribution in [2.45, 2.75) is 4.90 Å². The van der Waals surface area contributed by atoms with Crippen molar-refractivity contribution in [2.75, 3.05) is 37.3 Å². The molecule has 3 heterocycles. The number of aromatic nitrogens is 3. The van der Waals surface area contributed by atoms with E-state index in [0.29, 0.717) is 18.8 Å². The third-order valence-corrected chi connectivity index (χ3v) is 6.26. The van der Waals surface area contributed by atoms with E-state index in [-0.39, 0.29) is 5.91 Å². The summed E-state index contributed by atoms with van der Waals surface area (Å²) in [7, 11) is 1.85. The van der Waals surface area contributed by atoms with Gasteiger partial charge in [0.2, 0.25) is 0 Å². The van der Waals surface area contributed by atoms with Gasteiger partial charge in [0, 0.05) is 38.1 Å². The van der Waals surface area contributed by atoms with Gasteiger partial charge in [0.1, 0.15) is 5.69 Å². The Hall–Kier alpha value is -2.06. The fraction of sp³-hybridized carbons (Fsp3) is 0.353. The van der Waals surface area contributed by atoms with Crippen LogP contribution in [0.25, 0.3) is 10.2 Å². The van der Waals surface area contributed by atoms with Crippen molar-refractivity contribution in [3.05, 3.63) is 36.4 Å². The van der Waals surface area contributed by atoms with Crippen LogP contribution in [-0.2, 0) is 7.05 Å². The van der Waals surface area contributed by atoms with Gasteiger partial charge in [-0.1, -0.05) is 11.3 Å². The molecule has 1 amide bonds. The summed E-state index contributed by atoms with van der Waals surface area (Å²) in [6, 6.07) is 6.40. The van der Waals surface area contributed by atoms with E-state index >= 15 is 0 Å². The van der Waals surface area contributed by atoms with Gasteiger partial charge in [-0.2, -0.15) is 0 Å². The maximum Gasteiger partial charge on any atom is 0.272 e. The van der Waals surface area contributed by atoms with Crippen molar-refractivity contribution in [3.63, 3.8) is 0 Å². The molecule has 0 saturated carbocycles. The van der Waals surface area contributed by atoms with Crippen LogP contribution in [0.3, 0.4) is 0 Å². The Morgan fingerprint density at radius 1 is 1.24 bits per heavy atom. The van der Waals surface area contributed by atoms with Crippen LogP contribution in [-0.4, -0.2) is 57.8 Å². The molecule has 1 fully saturated rings. The molecular weight excluding hydrogens is 354 g/mol. The van der Waals surface area contributed by atoms with Crippen LogP contribution in [0.2, 0.25) is 0 Å². The molecule has 1 saturated heterocycles. The lowest BCUT2D eigenvalue weighted by atomic mass is 10.3. The number of thiazole rings is 1. The highest BCUT2D eigenvalue weighted by Crippen LogP contribution is 2.32. The zero-order chi connectivity index (χ0) is 17.4. The molecule has 0 radical (unpaired) electrons. The van der Waals surface area contributed by atoms with Crippen molar-refractivity contribution >= 4 is 44.4 Å². The number of imidazole rings is 1. The molecule has 8 heteroatoms. The maximum atomic E-state index is 12.6. The molecule has 0 spiro atoms. The minimum Gasteiger partial charge on any atom is -0.345 e. The molecule has 0 atom stereocenters. The summed E-state index contributed by atoms with van der Waals surface area (Å²) >= 11 is 3.47. The lowest BCUT2D eigenvalue weighted by Crippen LogP contribution is -2.49. The highest BCUT2D eigenvalue weighted by molar-refractivity contribution is 7.98. The Balaban J connectivity index is 1.46. The molecule has 1 aromatic carbocycles. The minimum absolute atomic E-state index is 0.0496. The van der Waals surface area contributed by atoms with E-state index in [2.05, 4.69) is 34.3 Å². The van der Waals surface area contributed by atoms with Crippen LogP contribution in [0.5, 0.6) is 0 Å². The smallest absolute Gasteiger partial charge is 0.272 e. The second kappa shape index (κ2) is 6.68. The van der Waals surface area contributed by atoms with Crippen molar-refractivity contribution in [2.24, 2.45) is 7.05 Å². The monoisotopic (exact) mass is 373 g/mol. The van der Waals surface area contributed by atoms with Gasteiger partial charge >= 0.3 is 0 Å². The van der Waals surface area contributed by atoms with Gasteiger partial charge in [-0.15, -0.1) is 11.8 Å². The SMILES string of the molecule is CSc1ccc2nc(N3CCN(C(=O)c4cncn4C)CC3)sc2c1. The standard InChI is InChI=1S/C17H19N5OS2/c1-20-11-18-10-14(20)16(23)21-5-7-22(8-6-21)17-19-13-4-3-12(24-2)9-15(13)25-17/h3-4,9-11H,5-8H2,1-2H3. The van der Waals surface area contributed by atoms with Crippen LogP contribution in [0.15, 0.2) is 35.6 Å². The molecule has 6 nitrogen and oxygen atoms in total. The first-order valence-electron chi connectivity index (χ1n) is 8.11. The van der Waals surface area contributed by atoms with Crippen molar-refractivity contribution in [1.82, 2.24) is 19.4 Å². The molecular formula is C17H19N5OS2. The Bertz CT molecular complexity index is 911. The minimum atomic E-state index is 0.0496. The van der Waals surface area contributed by atoms with Gasteiger partial charge < -0.3 is 14.4 Å². The van der Waals surface area contributed by atoms with E-state index in [1.807, 2.05) is 11.9 Å². The fourth-order valence-corrected chi connectivity index (χ4v) is 4.55. The Kier molecular flexibility index (Phi) is 4.39. The van der Waals surface area contributed by atoms with E-state index in [4.69, 9.17) is 4.98 Å². The number of carbonyl (C=O) groups excluding carboxylic acids is 1. The number of thioether (sulfide) groups is 1. The average Bonchev–Trinajstić information content (AvgIpc) is 3.26. The number of aryl methyl sites for hydroxylation is 1. The van der Waals surface area contributed by atoms with Crippen molar-refractivity contribution in [1.29, 1.82) is 0 Å². The van der Waals surface area contributed by atoms with Gasteiger partial charge in [0.25, 0.3) is 5.91 Å². The molecule has 0 unspecified atom stereocenters. The predicted octanol–water partition coefficient (Wildman–Crippen LogP) is 2.71. The number of rotatable bonds is 3. The van der Waals surface area contributed by atoms with Crippen LogP contribution >= 0.6 is 23.1 Å². The number of amides is 1. The summed E-state index contributed by atoms with van der Waals surface area (Å²) in [5.41, 5.74) is 1.68. The van der Waals surface area contributed by atoms with Gasteiger partial charge in [-0.05, 0) is 24.5 Å². The van der Waals surface area contributed by atoms with E-state index < -0.39 is 0 Å². The largest absolute Gasteiger partial charge is 0.345 e. The first-order valence-corrected chi connectivity index (χ1v) is 10.1. The van der Waals surface area contributed by atoms with Gasteiger partial charge in [0.05, 0.1) is 22.7 Å². The van der Waals surface area contributed by atoms with Crippen molar-refractivity contribution in [3.8, 4) is 0 Å². The molecule has 0 aliphatic carbocycles. The zero-order valence-electron chi connectivity index (χ0n) is 14.2. The number of nitrogens with zero attached hydrogens (tertiary/aromatic N) is 5. The number of piperazine rings is 1. The Labute approximate surface area is 154 Å². The highest BCUT2D eigenvalue weighted by atomic mass is 32.2. The number of anilines is 1. The first kappa shape index (κ1) is 16.4. The Morgan fingerprint density at radius 3 is 2.72 bits per heavy atom. The third kappa shape index (κ3) is 3.11. The zero-order valence-corrected chi connectivity index (χ0v) is 15.8. The number of carbonyl (C=O) groups is 1. The fourth-order valence-electron chi connectivity index (χ4n) is 2.98. The Morgan fingerprint density at radius 2 is 2.04 bits per heavy atom. The number of fused-ring (bicyclic) bond motifs is 1. The molecule has 3 aromatic rings. The van der Waals surface area contributed by atoms with E-state index in [1.54, 1.807) is 40.2 Å². The molecule has 0 N–H and O–H groups in total. The van der Waals surface area contributed by atoms with Crippen LogP contribution in [0, 0.1) is 0 Å². The predicted molar refractivity (Wildman–Crippen MR) is 103 cm³/mol. The van der Waals surface area contributed by atoms with E-state index in [9.17, 15) is 4.79 Å². The first-order chi connectivity index (χ1) is 12.2. The second-order valence-electron chi connectivity index (χ2n) is 6.00. The van der Waals surface area contributed by atoms with Gasteiger partial charge in [-0.3, -0.25) is 4.79 Å². The molecule has 4 rings (SSSR count). The molecule has 25 heavy (non-hydrogen) atoms. The number of hydrogen-bond donors (Lipinski definition) is 0. The summed E-state index contributed by atoms with van der Waals surface area (Å²) in [6.45, 7) is 3.02. The van der Waals surface area contributed by atoms with Crippen LogP contribution < -0.4 is 4.90 Å². The summed E-state index contributed by atoms with van der Waals surface area (Å²) in [4.78, 5) is 26.8. The highest BCUT2D eigenvalue weighted by Gasteiger charge is 2.25.